The summed E-state index contributed by atoms with van der Waals surface area (Å²) in [5.74, 6) is -0.629. The molecular weight excluding hydrogens is 390 g/mol. The Hall–Kier alpha value is -3.15. The van der Waals surface area contributed by atoms with Gasteiger partial charge in [0.2, 0.25) is 11.8 Å². The number of aryl methyl sites for hydroxylation is 1. The Morgan fingerprint density at radius 3 is 2.13 bits per heavy atom. The Labute approximate surface area is 185 Å². The van der Waals surface area contributed by atoms with Crippen LogP contribution in [0, 0.1) is 5.92 Å². The molecule has 2 atom stereocenters. The average molecular weight is 424 g/mol. The summed E-state index contributed by atoms with van der Waals surface area (Å²) in [5.41, 5.74) is 3.13. The van der Waals surface area contributed by atoms with E-state index in [-0.39, 0.29) is 17.7 Å². The molecule has 0 saturated heterocycles. The van der Waals surface area contributed by atoms with Gasteiger partial charge in [0.05, 0.1) is 6.04 Å². The van der Waals surface area contributed by atoms with E-state index in [4.69, 9.17) is 0 Å². The van der Waals surface area contributed by atoms with Gasteiger partial charge in [0.1, 0.15) is 12.3 Å². The Morgan fingerprint density at radius 1 is 0.935 bits per heavy atom. The lowest BCUT2D eigenvalue weighted by atomic mass is 10.0. The number of anilines is 1. The Morgan fingerprint density at radius 2 is 1.58 bits per heavy atom. The van der Waals surface area contributed by atoms with Gasteiger partial charge in [-0.25, -0.2) is 0 Å². The predicted molar refractivity (Wildman–Crippen MR) is 124 cm³/mol. The summed E-state index contributed by atoms with van der Waals surface area (Å²) in [6, 6.07) is 16.2. The maximum Gasteiger partial charge on any atom is 0.243 e. The van der Waals surface area contributed by atoms with Crippen molar-refractivity contribution in [1.29, 1.82) is 0 Å². The SMILES string of the molecule is CC(C)C(NC(=O)CCc1ccc(N(C)C)cc1)C(=O)NC(C=O)Cc1ccccc1. The molecule has 2 unspecified atom stereocenters. The highest BCUT2D eigenvalue weighted by molar-refractivity contribution is 5.89. The number of rotatable bonds is 11. The van der Waals surface area contributed by atoms with Crippen molar-refractivity contribution in [3.05, 3.63) is 65.7 Å². The lowest BCUT2D eigenvalue weighted by molar-refractivity contribution is -0.131. The zero-order valence-electron chi connectivity index (χ0n) is 18.8. The first-order chi connectivity index (χ1) is 14.8. The van der Waals surface area contributed by atoms with Crippen molar-refractivity contribution in [2.45, 2.75) is 45.2 Å². The molecule has 6 heteroatoms. The van der Waals surface area contributed by atoms with Crippen LogP contribution < -0.4 is 15.5 Å². The highest BCUT2D eigenvalue weighted by atomic mass is 16.2. The predicted octanol–water partition coefficient (Wildman–Crippen LogP) is 2.75. The van der Waals surface area contributed by atoms with Crippen molar-refractivity contribution in [2.24, 2.45) is 5.92 Å². The van der Waals surface area contributed by atoms with Crippen LogP contribution >= 0.6 is 0 Å². The standard InChI is InChI=1S/C25H33N3O3/c1-18(2)24(25(31)26-21(17-29)16-20-8-6-5-7-9-20)27-23(30)15-12-19-10-13-22(14-11-19)28(3)4/h5-11,13-14,17-18,21,24H,12,15-16H2,1-4H3,(H,26,31)(H,27,30). The second-order valence-corrected chi connectivity index (χ2v) is 8.29. The van der Waals surface area contributed by atoms with E-state index in [0.717, 1.165) is 23.1 Å². The fraction of sp³-hybridized carbons (Fsp3) is 0.400. The van der Waals surface area contributed by atoms with Crippen LogP contribution in [0.4, 0.5) is 5.69 Å². The number of amides is 2. The maximum atomic E-state index is 12.8. The molecule has 0 aliphatic carbocycles. The first kappa shape index (κ1) is 24.1. The van der Waals surface area contributed by atoms with Gasteiger partial charge in [0.25, 0.3) is 0 Å². The molecule has 0 radical (unpaired) electrons. The average Bonchev–Trinajstić information content (AvgIpc) is 2.76. The van der Waals surface area contributed by atoms with Gasteiger partial charge in [0, 0.05) is 26.2 Å². The quantitative estimate of drug-likeness (QED) is 0.545. The molecule has 6 nitrogen and oxygen atoms in total. The van der Waals surface area contributed by atoms with Gasteiger partial charge in [-0.05, 0) is 42.0 Å². The number of hydrogen-bond acceptors (Lipinski definition) is 4. The summed E-state index contributed by atoms with van der Waals surface area (Å²) in [6.45, 7) is 3.75. The van der Waals surface area contributed by atoms with Gasteiger partial charge in [-0.1, -0.05) is 56.3 Å². The molecule has 0 aromatic heterocycles. The van der Waals surface area contributed by atoms with Crippen LogP contribution in [0.2, 0.25) is 0 Å². The second kappa shape index (κ2) is 11.9. The minimum atomic E-state index is -0.693. The van der Waals surface area contributed by atoms with Crippen molar-refractivity contribution >= 4 is 23.8 Å². The third kappa shape index (κ3) is 7.89. The molecule has 0 fully saturated rings. The highest BCUT2D eigenvalue weighted by Gasteiger charge is 2.26. The van der Waals surface area contributed by atoms with E-state index in [9.17, 15) is 14.4 Å². The summed E-state index contributed by atoms with van der Waals surface area (Å²) in [4.78, 5) is 38.8. The molecule has 2 aromatic carbocycles. The van der Waals surface area contributed by atoms with Gasteiger partial charge < -0.3 is 20.3 Å². The summed E-state index contributed by atoms with van der Waals surface area (Å²) in [7, 11) is 3.96. The number of carbonyl (C=O) groups excluding carboxylic acids is 3. The van der Waals surface area contributed by atoms with E-state index in [1.54, 1.807) is 0 Å². The molecule has 0 spiro atoms. The van der Waals surface area contributed by atoms with Crippen LogP contribution in [0.5, 0.6) is 0 Å². The minimum absolute atomic E-state index is 0.104. The molecule has 2 rings (SSSR count). The van der Waals surface area contributed by atoms with Gasteiger partial charge in [-0.15, -0.1) is 0 Å². The fourth-order valence-corrected chi connectivity index (χ4v) is 3.27. The number of carbonyl (C=O) groups is 3. The molecule has 2 N–H and O–H groups in total. The molecule has 0 aliphatic heterocycles. The van der Waals surface area contributed by atoms with Crippen LogP contribution in [-0.4, -0.2) is 44.3 Å². The zero-order valence-corrected chi connectivity index (χ0v) is 18.8. The van der Waals surface area contributed by atoms with Gasteiger partial charge in [-0.2, -0.15) is 0 Å². The van der Waals surface area contributed by atoms with Crippen molar-refractivity contribution in [2.75, 3.05) is 19.0 Å². The van der Waals surface area contributed by atoms with Gasteiger partial charge >= 0.3 is 0 Å². The molecule has 0 saturated carbocycles. The molecular formula is C25H33N3O3. The Bertz CT molecular complexity index is 848. The third-order valence-corrected chi connectivity index (χ3v) is 5.15. The monoisotopic (exact) mass is 423 g/mol. The Kier molecular flexibility index (Phi) is 9.25. The van der Waals surface area contributed by atoms with Crippen molar-refractivity contribution in [3.8, 4) is 0 Å². The van der Waals surface area contributed by atoms with Crippen molar-refractivity contribution in [3.63, 3.8) is 0 Å². The summed E-state index contributed by atoms with van der Waals surface area (Å²) < 4.78 is 0. The number of benzene rings is 2. The topological polar surface area (TPSA) is 78.5 Å². The van der Waals surface area contributed by atoms with Crippen molar-refractivity contribution in [1.82, 2.24) is 10.6 Å². The van der Waals surface area contributed by atoms with Gasteiger partial charge in [-0.3, -0.25) is 9.59 Å². The van der Waals surface area contributed by atoms with Crippen LogP contribution in [0.15, 0.2) is 54.6 Å². The molecule has 2 amide bonds. The molecule has 0 aliphatic rings. The van der Waals surface area contributed by atoms with Crippen LogP contribution in [0.25, 0.3) is 0 Å². The summed E-state index contributed by atoms with van der Waals surface area (Å²) >= 11 is 0. The normalized spacial score (nSPS) is 12.7. The summed E-state index contributed by atoms with van der Waals surface area (Å²) in [5, 5.41) is 5.60. The van der Waals surface area contributed by atoms with Crippen LogP contribution in [0.3, 0.4) is 0 Å². The highest BCUT2D eigenvalue weighted by Crippen LogP contribution is 2.13. The third-order valence-electron chi connectivity index (χ3n) is 5.15. The minimum Gasteiger partial charge on any atom is -0.378 e. The number of hydrogen-bond donors (Lipinski definition) is 2. The molecule has 2 aromatic rings. The van der Waals surface area contributed by atoms with E-state index in [1.807, 2.05) is 87.4 Å². The first-order valence-corrected chi connectivity index (χ1v) is 10.7. The molecule has 31 heavy (non-hydrogen) atoms. The summed E-state index contributed by atoms with van der Waals surface area (Å²) in [6.07, 6.45) is 2.04. The van der Waals surface area contributed by atoms with E-state index in [2.05, 4.69) is 10.6 Å². The van der Waals surface area contributed by atoms with Gasteiger partial charge in [0.15, 0.2) is 0 Å². The largest absolute Gasteiger partial charge is 0.378 e. The number of nitrogens with one attached hydrogen (secondary N) is 2. The Balaban J connectivity index is 1.90. The molecule has 166 valence electrons. The smallest absolute Gasteiger partial charge is 0.243 e. The number of aldehydes is 1. The van der Waals surface area contributed by atoms with E-state index >= 15 is 0 Å². The number of nitrogens with zero attached hydrogens (tertiary/aromatic N) is 1. The van der Waals surface area contributed by atoms with Crippen molar-refractivity contribution < 1.29 is 14.4 Å². The molecule has 0 heterocycles. The second-order valence-electron chi connectivity index (χ2n) is 8.29. The van der Waals surface area contributed by atoms with E-state index in [1.165, 1.54) is 0 Å². The lowest BCUT2D eigenvalue weighted by Crippen LogP contribution is -2.52. The van der Waals surface area contributed by atoms with E-state index in [0.29, 0.717) is 19.3 Å². The maximum absolute atomic E-state index is 12.8. The molecule has 0 bridgehead atoms. The first-order valence-electron chi connectivity index (χ1n) is 10.7. The van der Waals surface area contributed by atoms with Crippen LogP contribution in [0.1, 0.15) is 31.4 Å². The zero-order chi connectivity index (χ0) is 22.8. The van der Waals surface area contributed by atoms with Crippen LogP contribution in [-0.2, 0) is 27.2 Å². The van der Waals surface area contributed by atoms with E-state index < -0.39 is 12.1 Å². The lowest BCUT2D eigenvalue weighted by Gasteiger charge is -2.23. The fourth-order valence-electron chi connectivity index (χ4n) is 3.27.